The van der Waals surface area contributed by atoms with Gasteiger partial charge in [0, 0.05) is 13.2 Å². The van der Waals surface area contributed by atoms with Crippen molar-refractivity contribution >= 4 is 17.7 Å². The van der Waals surface area contributed by atoms with Crippen LogP contribution < -0.4 is 14.4 Å². The molecule has 0 saturated carbocycles. The second-order valence-electron chi connectivity index (χ2n) is 8.90. The van der Waals surface area contributed by atoms with Gasteiger partial charge in [0.05, 0.1) is 12.3 Å². The number of hydrogen-bond acceptors (Lipinski definition) is 6. The highest BCUT2D eigenvalue weighted by Crippen LogP contribution is 2.34. The van der Waals surface area contributed by atoms with Crippen molar-refractivity contribution in [2.45, 2.75) is 25.9 Å². The smallest absolute Gasteiger partial charge is 0.415 e. The highest BCUT2D eigenvalue weighted by molar-refractivity contribution is 5.95. The highest BCUT2D eigenvalue weighted by atomic mass is 16.6. The van der Waals surface area contributed by atoms with Crippen molar-refractivity contribution in [3.05, 3.63) is 126 Å². The molecule has 0 aliphatic rings. The van der Waals surface area contributed by atoms with E-state index in [2.05, 4.69) is 0 Å². The van der Waals surface area contributed by atoms with Gasteiger partial charge >= 0.3 is 12.1 Å². The van der Waals surface area contributed by atoms with Gasteiger partial charge in [0.2, 0.25) is 0 Å². The predicted octanol–water partition coefficient (Wildman–Crippen LogP) is 6.09. The lowest BCUT2D eigenvalue weighted by molar-refractivity contribution is -0.139. The Morgan fingerprint density at radius 2 is 1.20 bits per heavy atom. The van der Waals surface area contributed by atoms with Gasteiger partial charge in [0.25, 0.3) is 0 Å². The van der Waals surface area contributed by atoms with Crippen molar-refractivity contribution in [1.82, 2.24) is 0 Å². The lowest BCUT2D eigenvalue weighted by Gasteiger charge is -2.28. The topological polar surface area (TPSA) is 94.5 Å². The van der Waals surface area contributed by atoms with Crippen molar-refractivity contribution in [3.8, 4) is 11.5 Å². The van der Waals surface area contributed by atoms with E-state index in [1.165, 1.54) is 7.11 Å². The normalized spacial score (nSPS) is 11.3. The van der Waals surface area contributed by atoms with Crippen LogP contribution in [0.15, 0.2) is 109 Å². The molecule has 206 valence electrons. The Kier molecular flexibility index (Phi) is 10.1. The molecule has 0 fully saturated rings. The van der Waals surface area contributed by atoms with Gasteiger partial charge in [-0.1, -0.05) is 91.0 Å². The molecule has 40 heavy (non-hydrogen) atoms. The Labute approximate surface area is 233 Å². The van der Waals surface area contributed by atoms with E-state index in [1.807, 2.05) is 91.0 Å². The first-order valence-electron chi connectivity index (χ1n) is 12.7. The summed E-state index contributed by atoms with van der Waals surface area (Å²) in [6, 6.07) is 31.9. The number of anilines is 1. The highest BCUT2D eigenvalue weighted by Gasteiger charge is 2.33. The van der Waals surface area contributed by atoms with Crippen LogP contribution in [-0.2, 0) is 34.1 Å². The fourth-order valence-electron chi connectivity index (χ4n) is 3.96. The molecule has 1 amide bonds. The predicted molar refractivity (Wildman–Crippen MR) is 150 cm³/mol. The molecule has 0 aliphatic carbocycles. The molecule has 8 nitrogen and oxygen atoms in total. The monoisotopic (exact) mass is 541 g/mol. The zero-order valence-electron chi connectivity index (χ0n) is 22.1. The number of carbonyl (C=O) groups excluding carboxylic acids is 1. The summed E-state index contributed by atoms with van der Waals surface area (Å²) in [5, 5.41) is 9.97. The summed E-state index contributed by atoms with van der Waals surface area (Å²) in [4.78, 5) is 26.6. The Morgan fingerprint density at radius 3 is 1.70 bits per heavy atom. The van der Waals surface area contributed by atoms with E-state index in [-0.39, 0.29) is 25.5 Å². The molecule has 0 aromatic heterocycles. The van der Waals surface area contributed by atoms with E-state index >= 15 is 0 Å². The van der Waals surface area contributed by atoms with Gasteiger partial charge in [-0.15, -0.1) is 0 Å². The van der Waals surface area contributed by atoms with Gasteiger partial charge in [0.15, 0.2) is 17.5 Å². The molecule has 4 aromatic carbocycles. The summed E-state index contributed by atoms with van der Waals surface area (Å²) < 4.78 is 22.9. The zero-order valence-corrected chi connectivity index (χ0v) is 22.1. The van der Waals surface area contributed by atoms with Crippen LogP contribution in [0, 0.1) is 0 Å². The molecule has 0 aliphatic heterocycles. The average Bonchev–Trinajstić information content (AvgIpc) is 2.99. The van der Waals surface area contributed by atoms with Crippen molar-refractivity contribution in [1.29, 1.82) is 0 Å². The van der Waals surface area contributed by atoms with Crippen LogP contribution in [0.2, 0.25) is 0 Å². The Bertz CT molecular complexity index is 1360. The van der Waals surface area contributed by atoms with Gasteiger partial charge in [0.1, 0.15) is 19.8 Å². The van der Waals surface area contributed by atoms with E-state index in [0.717, 1.165) is 21.6 Å². The van der Waals surface area contributed by atoms with E-state index in [0.29, 0.717) is 18.1 Å². The number of ether oxygens (including phenoxy) is 4. The van der Waals surface area contributed by atoms with Crippen molar-refractivity contribution in [2.75, 3.05) is 18.6 Å². The molecule has 1 N–H and O–H groups in total. The molecule has 4 aromatic rings. The molecule has 0 unspecified atom stereocenters. The number of hydrogen-bond donors (Lipinski definition) is 1. The minimum absolute atomic E-state index is 0.0227. The number of aliphatic carboxylic acids is 1. The number of carboxylic acid groups (broad SMARTS) is 1. The number of methoxy groups -OCH3 is 1. The van der Waals surface area contributed by atoms with E-state index in [4.69, 9.17) is 18.9 Å². The van der Waals surface area contributed by atoms with Gasteiger partial charge in [-0.3, -0.25) is 4.90 Å². The minimum atomic E-state index is -1.34. The number of nitrogens with zero attached hydrogens (tertiary/aromatic N) is 1. The number of rotatable bonds is 13. The van der Waals surface area contributed by atoms with Crippen molar-refractivity contribution in [2.24, 2.45) is 0 Å². The Hall–Kier alpha value is -4.82. The minimum Gasteiger partial charge on any atom is -0.485 e. The van der Waals surface area contributed by atoms with Crippen molar-refractivity contribution in [3.63, 3.8) is 0 Å². The first kappa shape index (κ1) is 28.2. The molecule has 0 saturated heterocycles. The summed E-state index contributed by atoms with van der Waals surface area (Å²) in [6.45, 7) is 0.268. The van der Waals surface area contributed by atoms with Gasteiger partial charge in [-0.05, 0) is 28.8 Å². The number of benzene rings is 4. The fraction of sp³-hybridized carbons (Fsp3) is 0.188. The average molecular weight is 542 g/mol. The summed E-state index contributed by atoms with van der Waals surface area (Å²) in [5.74, 6) is -0.450. The third-order valence-corrected chi connectivity index (χ3v) is 6.00. The maximum Gasteiger partial charge on any atom is 0.415 e. The third kappa shape index (κ3) is 7.85. The maximum atomic E-state index is 13.3. The first-order valence-corrected chi connectivity index (χ1v) is 12.7. The fourth-order valence-corrected chi connectivity index (χ4v) is 3.96. The SMILES string of the molecule is COC[C@@H](C(=O)O)N(C(=O)OCc1ccccc1)c1ccc(OCc2ccccc2)c(OCc2ccccc2)c1. The third-order valence-electron chi connectivity index (χ3n) is 6.00. The Morgan fingerprint density at radius 1 is 0.700 bits per heavy atom. The standard InChI is InChI=1S/C32H31NO7/c1-37-23-28(31(34)35)33(32(36)40-22-26-15-9-4-10-16-26)27-17-18-29(38-20-24-11-5-2-6-12-24)30(19-27)39-21-25-13-7-3-8-14-25/h2-19,28H,20-23H2,1H3,(H,34,35)/t28-/m0/s1. The summed E-state index contributed by atoms with van der Waals surface area (Å²) in [6.07, 6.45) is -0.833. The van der Waals surface area contributed by atoms with Crippen LogP contribution in [0.25, 0.3) is 0 Å². The molecular formula is C32H31NO7. The second-order valence-corrected chi connectivity index (χ2v) is 8.90. The number of amides is 1. The first-order chi connectivity index (χ1) is 19.5. The van der Waals surface area contributed by atoms with E-state index < -0.39 is 18.1 Å². The summed E-state index contributed by atoms with van der Waals surface area (Å²) in [5.41, 5.74) is 2.94. The molecule has 8 heteroatoms. The zero-order chi connectivity index (χ0) is 28.2. The molecule has 0 radical (unpaired) electrons. The number of carbonyl (C=O) groups is 2. The largest absolute Gasteiger partial charge is 0.485 e. The second kappa shape index (κ2) is 14.4. The lowest BCUT2D eigenvalue weighted by Crippen LogP contribution is -2.48. The molecular weight excluding hydrogens is 510 g/mol. The molecule has 1 atom stereocenters. The van der Waals surface area contributed by atoms with Crippen LogP contribution in [0.1, 0.15) is 16.7 Å². The summed E-state index contributed by atoms with van der Waals surface area (Å²) >= 11 is 0. The van der Waals surface area contributed by atoms with Gasteiger partial charge < -0.3 is 24.1 Å². The van der Waals surface area contributed by atoms with Crippen LogP contribution >= 0.6 is 0 Å². The van der Waals surface area contributed by atoms with Crippen LogP contribution in [0.3, 0.4) is 0 Å². The van der Waals surface area contributed by atoms with Crippen LogP contribution in [0.5, 0.6) is 11.5 Å². The lowest BCUT2D eigenvalue weighted by atomic mass is 10.2. The number of carboxylic acids is 1. The van der Waals surface area contributed by atoms with E-state index in [9.17, 15) is 14.7 Å². The van der Waals surface area contributed by atoms with Crippen LogP contribution in [0.4, 0.5) is 10.5 Å². The van der Waals surface area contributed by atoms with Gasteiger partial charge in [-0.25, -0.2) is 9.59 Å². The molecule has 0 spiro atoms. The summed E-state index contributed by atoms with van der Waals surface area (Å²) in [7, 11) is 1.37. The molecule has 0 heterocycles. The molecule has 4 rings (SSSR count). The van der Waals surface area contributed by atoms with Crippen LogP contribution in [-0.4, -0.2) is 36.9 Å². The quantitative estimate of drug-likeness (QED) is 0.219. The van der Waals surface area contributed by atoms with Crippen molar-refractivity contribution < 1.29 is 33.6 Å². The molecule has 0 bridgehead atoms. The Balaban J connectivity index is 1.65. The van der Waals surface area contributed by atoms with Gasteiger partial charge in [-0.2, -0.15) is 0 Å². The van der Waals surface area contributed by atoms with E-state index in [1.54, 1.807) is 18.2 Å². The maximum absolute atomic E-state index is 13.3.